The van der Waals surface area contributed by atoms with E-state index in [1.54, 1.807) is 0 Å². The lowest BCUT2D eigenvalue weighted by molar-refractivity contribution is 1.28. The first-order valence-corrected chi connectivity index (χ1v) is 40.6. The number of anilines is 6. The Bertz CT molecular complexity index is 7150. The molecule has 0 amide bonds. The molecule has 0 heterocycles. The van der Waals surface area contributed by atoms with Crippen LogP contribution in [-0.2, 0) is 0 Å². The second kappa shape index (κ2) is 30.8. The zero-order valence-corrected chi connectivity index (χ0v) is 64.9. The van der Waals surface area contributed by atoms with Gasteiger partial charge in [0.1, 0.15) is 0 Å². The van der Waals surface area contributed by atoms with E-state index < -0.39 is 0 Å². The van der Waals surface area contributed by atoms with Gasteiger partial charge in [0.05, 0.1) is 0 Å². The van der Waals surface area contributed by atoms with Crippen molar-refractivity contribution in [3.05, 3.63) is 473 Å². The van der Waals surface area contributed by atoms with Crippen LogP contribution in [0.3, 0.4) is 0 Å². The Labute approximate surface area is 688 Å². The first kappa shape index (κ1) is 70.4. The van der Waals surface area contributed by atoms with Gasteiger partial charge in [-0.2, -0.15) is 0 Å². The third kappa shape index (κ3) is 13.8. The standard InChI is InChI=1S/C116H78N2/c1-3-20-89(21-4-1)115-77-107(117(103-60-51-84(52-61-103)98-48-37-79-17-7-10-25-95(79)73-98)104-62-53-85(54-63-104)99-49-38-80-18-8-11-26-96(80)74-99)68-71-112(115)93-42-35-83(36-43-93)82-33-40-91(41-34-82)111-32-16-29-102-76-101(59-70-114(102)111)87-57-66-106(67-58-87)118(105-64-55-86(56-65-105)100-50-39-81-19-9-12-27-97(81)75-100)108-69-72-113(116(78-108)90-22-5-2-6-23-90)94-46-44-92(45-47-94)110-31-15-28-88-24-13-14-30-109(88)110/h1-78H. The van der Waals surface area contributed by atoms with Crippen molar-refractivity contribution in [1.82, 2.24) is 0 Å². The normalized spacial score (nSPS) is 11.4. The van der Waals surface area contributed by atoms with E-state index in [-0.39, 0.29) is 0 Å². The van der Waals surface area contributed by atoms with Crippen LogP contribution in [0.25, 0.3) is 176 Å². The van der Waals surface area contributed by atoms with Crippen LogP contribution in [0.5, 0.6) is 0 Å². The van der Waals surface area contributed by atoms with Crippen LogP contribution in [0, 0.1) is 0 Å². The molecule has 2 heteroatoms. The van der Waals surface area contributed by atoms with Gasteiger partial charge in [0.15, 0.2) is 0 Å². The summed E-state index contributed by atoms with van der Waals surface area (Å²) in [6, 6.07) is 174. The average Bonchev–Trinajstić information content (AvgIpc) is 0.776. The molecule has 2 nitrogen and oxygen atoms in total. The van der Waals surface area contributed by atoms with Crippen LogP contribution < -0.4 is 9.80 Å². The molecular weight excluding hydrogens is 1420 g/mol. The molecule has 0 unspecified atom stereocenters. The first-order valence-electron chi connectivity index (χ1n) is 40.6. The molecule has 0 bridgehead atoms. The lowest BCUT2D eigenvalue weighted by Gasteiger charge is -2.27. The van der Waals surface area contributed by atoms with E-state index in [4.69, 9.17) is 0 Å². The topological polar surface area (TPSA) is 6.48 Å². The molecule has 552 valence electrons. The molecular formula is C116H78N2. The maximum atomic E-state index is 2.40. The Morgan fingerprint density at radius 1 is 0.102 bits per heavy atom. The molecule has 0 radical (unpaired) electrons. The van der Waals surface area contributed by atoms with E-state index in [1.165, 1.54) is 121 Å². The van der Waals surface area contributed by atoms with Gasteiger partial charge in [-0.05, 0) is 273 Å². The van der Waals surface area contributed by atoms with E-state index in [1.807, 2.05) is 0 Å². The zero-order chi connectivity index (χ0) is 78.2. The van der Waals surface area contributed by atoms with Crippen molar-refractivity contribution in [3.8, 4) is 122 Å². The van der Waals surface area contributed by atoms with Gasteiger partial charge in [0.25, 0.3) is 0 Å². The third-order valence-electron chi connectivity index (χ3n) is 23.7. The predicted octanol–water partition coefficient (Wildman–Crippen LogP) is 32.7. The molecule has 0 aliphatic carbocycles. The molecule has 0 atom stereocenters. The van der Waals surface area contributed by atoms with Gasteiger partial charge in [0, 0.05) is 34.1 Å². The van der Waals surface area contributed by atoms with E-state index in [2.05, 4.69) is 483 Å². The van der Waals surface area contributed by atoms with E-state index >= 15 is 0 Å². The molecule has 0 N–H and O–H groups in total. The fraction of sp³-hybridized carbons (Fsp3) is 0. The Kier molecular flexibility index (Phi) is 18.4. The van der Waals surface area contributed by atoms with Crippen LogP contribution in [0.2, 0.25) is 0 Å². The van der Waals surface area contributed by atoms with Gasteiger partial charge >= 0.3 is 0 Å². The minimum absolute atomic E-state index is 1.06. The van der Waals surface area contributed by atoms with Crippen LogP contribution in [0.1, 0.15) is 0 Å². The van der Waals surface area contributed by atoms with Crippen LogP contribution in [-0.4, -0.2) is 0 Å². The highest BCUT2D eigenvalue weighted by Crippen LogP contribution is 2.47. The average molecular weight is 1500 g/mol. The highest BCUT2D eigenvalue weighted by molar-refractivity contribution is 6.02. The smallest absolute Gasteiger partial charge is 0.0468 e. The fourth-order valence-electron chi connectivity index (χ4n) is 17.5. The quantitative estimate of drug-likeness (QED) is 0.0896. The summed E-state index contributed by atoms with van der Waals surface area (Å²) in [7, 11) is 0. The second-order valence-electron chi connectivity index (χ2n) is 30.7. The Balaban J connectivity index is 0.565. The van der Waals surface area contributed by atoms with Crippen molar-refractivity contribution in [2.75, 3.05) is 9.80 Å². The highest BCUT2D eigenvalue weighted by atomic mass is 15.1. The summed E-state index contributed by atoms with van der Waals surface area (Å²) in [5.41, 5.74) is 32.3. The van der Waals surface area contributed by atoms with Crippen LogP contribution in [0.15, 0.2) is 473 Å². The summed E-state index contributed by atoms with van der Waals surface area (Å²) >= 11 is 0. The van der Waals surface area contributed by atoms with Gasteiger partial charge in [-0.3, -0.25) is 0 Å². The van der Waals surface area contributed by atoms with Crippen molar-refractivity contribution in [3.63, 3.8) is 0 Å². The minimum atomic E-state index is 1.06. The number of fused-ring (bicyclic) bond motifs is 5. The summed E-state index contributed by atoms with van der Waals surface area (Å²) in [5, 5.41) is 12.3. The summed E-state index contributed by atoms with van der Waals surface area (Å²) in [6.07, 6.45) is 0. The maximum Gasteiger partial charge on any atom is 0.0468 e. The van der Waals surface area contributed by atoms with E-state index in [0.717, 1.165) is 89.8 Å². The molecule has 0 fully saturated rings. The molecule has 21 rings (SSSR count). The lowest BCUT2D eigenvalue weighted by atomic mass is 9.91. The Hall–Kier alpha value is -15.5. The van der Waals surface area contributed by atoms with E-state index in [0.29, 0.717) is 0 Å². The Morgan fingerprint density at radius 2 is 0.339 bits per heavy atom. The van der Waals surface area contributed by atoms with Gasteiger partial charge in [-0.25, -0.2) is 0 Å². The minimum Gasteiger partial charge on any atom is -0.310 e. The van der Waals surface area contributed by atoms with Crippen molar-refractivity contribution < 1.29 is 0 Å². The second-order valence-corrected chi connectivity index (χ2v) is 30.7. The number of benzene rings is 21. The van der Waals surface area contributed by atoms with E-state index in [9.17, 15) is 0 Å². The molecule has 21 aromatic carbocycles. The highest BCUT2D eigenvalue weighted by Gasteiger charge is 2.22. The molecule has 0 spiro atoms. The monoisotopic (exact) mass is 1500 g/mol. The zero-order valence-electron chi connectivity index (χ0n) is 64.9. The molecule has 0 aliphatic rings. The number of hydrogen-bond donors (Lipinski definition) is 0. The molecule has 0 aromatic heterocycles. The Morgan fingerprint density at radius 3 is 0.712 bits per heavy atom. The molecule has 0 saturated carbocycles. The maximum absolute atomic E-state index is 2.40. The molecule has 118 heavy (non-hydrogen) atoms. The lowest BCUT2D eigenvalue weighted by Crippen LogP contribution is -2.10. The first-order chi connectivity index (χ1) is 58.4. The number of rotatable bonds is 17. The van der Waals surface area contributed by atoms with Gasteiger partial charge in [-0.1, -0.05) is 376 Å². The summed E-state index contributed by atoms with van der Waals surface area (Å²) < 4.78 is 0. The van der Waals surface area contributed by atoms with Crippen molar-refractivity contribution in [2.24, 2.45) is 0 Å². The largest absolute Gasteiger partial charge is 0.310 e. The van der Waals surface area contributed by atoms with Crippen molar-refractivity contribution in [1.29, 1.82) is 0 Å². The molecule has 0 saturated heterocycles. The SMILES string of the molecule is c1ccc(-c2cc(N(c3ccc(-c4ccc5ccccc5c4)cc3)c3ccc(-c4ccc5ccccc5c4)cc3)ccc2-c2ccc(-c3ccc(-c4cccc5cc(-c6ccc(N(c7ccc(-c8ccc9ccccc9c8)cc7)c7ccc(-c8ccc(-c9cccc%10ccccc9%10)cc8)c(-c8ccccc8)c7)cc6)ccc45)cc3)cc2)cc1. The van der Waals surface area contributed by atoms with Crippen LogP contribution >= 0.6 is 0 Å². The molecule has 21 aromatic rings. The van der Waals surface area contributed by atoms with Gasteiger partial charge in [-0.15, -0.1) is 0 Å². The van der Waals surface area contributed by atoms with Gasteiger partial charge in [0.2, 0.25) is 0 Å². The summed E-state index contributed by atoms with van der Waals surface area (Å²) in [4.78, 5) is 4.79. The molecule has 0 aliphatic heterocycles. The fourth-order valence-corrected chi connectivity index (χ4v) is 17.5. The van der Waals surface area contributed by atoms with Crippen molar-refractivity contribution >= 4 is 88.0 Å². The summed E-state index contributed by atoms with van der Waals surface area (Å²) in [5.74, 6) is 0. The summed E-state index contributed by atoms with van der Waals surface area (Å²) in [6.45, 7) is 0. The van der Waals surface area contributed by atoms with Crippen LogP contribution in [0.4, 0.5) is 34.1 Å². The van der Waals surface area contributed by atoms with Gasteiger partial charge < -0.3 is 9.80 Å². The van der Waals surface area contributed by atoms with Crippen molar-refractivity contribution in [2.45, 2.75) is 0 Å². The third-order valence-corrected chi connectivity index (χ3v) is 23.7. The number of hydrogen-bond acceptors (Lipinski definition) is 2. The predicted molar refractivity (Wildman–Crippen MR) is 503 cm³/mol. The number of nitrogens with zero attached hydrogens (tertiary/aromatic N) is 2.